The average molecular weight is 663 g/mol. The summed E-state index contributed by atoms with van der Waals surface area (Å²) in [6, 6.07) is 26.8. The first-order chi connectivity index (χ1) is 24.0. The second-order valence-electron chi connectivity index (χ2n) is 15.7. The minimum Gasteiger partial charge on any atom is -0.484 e. The van der Waals surface area contributed by atoms with Crippen LogP contribution in [0.2, 0.25) is 0 Å². The molecule has 3 aliphatic carbocycles. The SMILES string of the molecule is CC(=O)Oc1ccc2c3c1O[C@H]1[C@H](N(CCCCCCc4ccccc4)CCCc4ccccc4)CC[C@H]4[C@@H](C2)N(CC2CC2O)CC[C@@]341. The van der Waals surface area contributed by atoms with Crippen molar-refractivity contribution in [3.8, 4) is 11.5 Å². The Kier molecular flexibility index (Phi) is 9.56. The standard InChI is InChI=1S/C43H54N2O4/c1-30(46)48-39-22-19-33-27-37-35-20-21-36(42-43(35,40(33)41(39)49-42)23-26-45(37)29-34-28-38(34)47)44(25-12-18-32-16-9-5-10-17-32)24-11-3-2-6-13-31-14-7-4-8-15-31/h4-5,7-10,14-17,19,22,34-38,42,47H,2-3,6,11-13,18,20-21,23-29H2,1H3/t34?,35-,36+,37+,38?,42-,43-/m0/s1. The molecular formula is C43H54N2O4. The number of aliphatic hydroxyl groups excluding tert-OH is 1. The van der Waals surface area contributed by atoms with Gasteiger partial charge in [0.1, 0.15) is 6.10 Å². The zero-order valence-electron chi connectivity index (χ0n) is 29.3. The minimum absolute atomic E-state index is 0.0569. The third-order valence-electron chi connectivity index (χ3n) is 12.7. The van der Waals surface area contributed by atoms with Crippen LogP contribution in [0.1, 0.15) is 87.0 Å². The van der Waals surface area contributed by atoms with Gasteiger partial charge < -0.3 is 14.6 Å². The first-order valence-electron chi connectivity index (χ1n) is 19.3. The first kappa shape index (κ1) is 33.0. The zero-order chi connectivity index (χ0) is 33.4. The maximum atomic E-state index is 12.2. The van der Waals surface area contributed by atoms with Crippen molar-refractivity contribution >= 4 is 5.97 Å². The molecule has 1 N–H and O–H groups in total. The molecule has 2 heterocycles. The second-order valence-corrected chi connectivity index (χ2v) is 15.7. The summed E-state index contributed by atoms with van der Waals surface area (Å²) in [5.74, 6) is 2.11. The van der Waals surface area contributed by atoms with Gasteiger partial charge in [0.25, 0.3) is 0 Å². The molecule has 2 saturated carbocycles. The molecule has 0 aromatic heterocycles. The van der Waals surface area contributed by atoms with Crippen LogP contribution >= 0.6 is 0 Å². The fraction of sp³-hybridized carbons (Fsp3) is 0.558. The molecule has 2 unspecified atom stereocenters. The Bertz CT molecular complexity index is 1600. The first-order valence-corrected chi connectivity index (χ1v) is 19.3. The molecular weight excluding hydrogens is 608 g/mol. The van der Waals surface area contributed by atoms with Crippen molar-refractivity contribution in [1.82, 2.24) is 9.80 Å². The van der Waals surface area contributed by atoms with Gasteiger partial charge in [0, 0.05) is 42.4 Å². The third kappa shape index (κ3) is 6.57. The number of carbonyl (C=O) groups is 1. The van der Waals surface area contributed by atoms with Crippen molar-refractivity contribution < 1.29 is 19.4 Å². The van der Waals surface area contributed by atoms with Crippen molar-refractivity contribution in [3.05, 3.63) is 95.1 Å². The summed E-state index contributed by atoms with van der Waals surface area (Å²) in [6.07, 6.45) is 13.6. The van der Waals surface area contributed by atoms with Crippen molar-refractivity contribution in [2.24, 2.45) is 11.8 Å². The normalized spacial score (nSPS) is 29.4. The van der Waals surface area contributed by atoms with Crippen LogP contribution in [0.3, 0.4) is 0 Å². The minimum atomic E-state index is -0.290. The predicted octanol–water partition coefficient (Wildman–Crippen LogP) is 7.14. The van der Waals surface area contributed by atoms with E-state index in [1.807, 2.05) is 6.07 Å². The van der Waals surface area contributed by atoms with Gasteiger partial charge in [-0.1, -0.05) is 79.6 Å². The van der Waals surface area contributed by atoms with E-state index in [1.165, 1.54) is 61.3 Å². The summed E-state index contributed by atoms with van der Waals surface area (Å²) in [4.78, 5) is 17.8. The zero-order valence-corrected chi connectivity index (χ0v) is 29.3. The number of likely N-dealkylation sites (tertiary alicyclic amines) is 1. The summed E-state index contributed by atoms with van der Waals surface area (Å²) in [6.45, 7) is 5.72. The van der Waals surface area contributed by atoms with E-state index in [1.54, 1.807) is 0 Å². The number of carbonyl (C=O) groups excluding carboxylic acids is 1. The molecule has 260 valence electrons. The van der Waals surface area contributed by atoms with Crippen LogP contribution in [0.4, 0.5) is 0 Å². The van der Waals surface area contributed by atoms with Gasteiger partial charge in [-0.15, -0.1) is 0 Å². The van der Waals surface area contributed by atoms with Crippen LogP contribution < -0.4 is 9.47 Å². The van der Waals surface area contributed by atoms with Crippen molar-refractivity contribution in [1.29, 1.82) is 0 Å². The number of unbranched alkanes of at least 4 members (excludes halogenated alkanes) is 3. The third-order valence-corrected chi connectivity index (χ3v) is 12.7. The molecule has 6 heteroatoms. The van der Waals surface area contributed by atoms with Crippen LogP contribution in [0, 0.1) is 11.8 Å². The number of ether oxygens (including phenoxy) is 2. The van der Waals surface area contributed by atoms with Gasteiger partial charge in [0.15, 0.2) is 11.5 Å². The number of hydrogen-bond donors (Lipinski definition) is 1. The molecule has 1 spiro atoms. The number of piperidine rings is 1. The molecule has 2 aliphatic heterocycles. The van der Waals surface area contributed by atoms with Crippen molar-refractivity contribution in [3.63, 3.8) is 0 Å². The Morgan fingerprint density at radius 3 is 2.33 bits per heavy atom. The summed E-state index contributed by atoms with van der Waals surface area (Å²) in [7, 11) is 0. The molecule has 8 rings (SSSR count). The van der Waals surface area contributed by atoms with Crippen LogP contribution in [0.5, 0.6) is 11.5 Å². The fourth-order valence-electron chi connectivity index (χ4n) is 10.4. The van der Waals surface area contributed by atoms with Gasteiger partial charge in [0.05, 0.1) is 6.10 Å². The largest absolute Gasteiger partial charge is 0.484 e. The van der Waals surface area contributed by atoms with Crippen LogP contribution in [0.15, 0.2) is 72.8 Å². The number of benzene rings is 3. The van der Waals surface area contributed by atoms with E-state index in [2.05, 4.69) is 76.5 Å². The highest BCUT2D eigenvalue weighted by Crippen LogP contribution is 2.64. The van der Waals surface area contributed by atoms with E-state index in [0.717, 1.165) is 76.9 Å². The lowest BCUT2D eigenvalue weighted by atomic mass is 9.51. The molecule has 49 heavy (non-hydrogen) atoms. The highest BCUT2D eigenvalue weighted by atomic mass is 16.6. The average Bonchev–Trinajstić information content (AvgIpc) is 3.69. The molecule has 7 atom stereocenters. The van der Waals surface area contributed by atoms with Crippen molar-refractivity contribution in [2.75, 3.05) is 26.2 Å². The van der Waals surface area contributed by atoms with E-state index in [4.69, 9.17) is 9.47 Å². The summed E-state index contributed by atoms with van der Waals surface area (Å²) in [5, 5.41) is 10.2. The van der Waals surface area contributed by atoms with Gasteiger partial charge in [-0.2, -0.15) is 0 Å². The molecule has 6 nitrogen and oxygen atoms in total. The maximum Gasteiger partial charge on any atom is 0.308 e. The van der Waals surface area contributed by atoms with Crippen LogP contribution in [0.25, 0.3) is 0 Å². The second kappa shape index (κ2) is 14.2. The highest BCUT2D eigenvalue weighted by Gasteiger charge is 2.66. The Labute approximate surface area is 292 Å². The van der Waals surface area contributed by atoms with E-state index in [0.29, 0.717) is 29.7 Å². The number of esters is 1. The smallest absolute Gasteiger partial charge is 0.308 e. The van der Waals surface area contributed by atoms with Gasteiger partial charge in [-0.3, -0.25) is 14.6 Å². The summed E-state index contributed by atoms with van der Waals surface area (Å²) >= 11 is 0. The lowest BCUT2D eigenvalue weighted by Gasteiger charge is -2.60. The Morgan fingerprint density at radius 1 is 0.918 bits per heavy atom. The quantitative estimate of drug-likeness (QED) is 0.106. The van der Waals surface area contributed by atoms with Gasteiger partial charge in [-0.25, -0.2) is 0 Å². The van der Waals surface area contributed by atoms with Crippen LogP contribution in [-0.4, -0.2) is 71.3 Å². The van der Waals surface area contributed by atoms with E-state index >= 15 is 0 Å². The highest BCUT2D eigenvalue weighted by molar-refractivity contribution is 5.72. The monoisotopic (exact) mass is 662 g/mol. The lowest BCUT2D eigenvalue weighted by molar-refractivity contribution is -0.132. The predicted molar refractivity (Wildman–Crippen MR) is 193 cm³/mol. The van der Waals surface area contributed by atoms with E-state index < -0.39 is 0 Å². The molecule has 3 aromatic rings. The Morgan fingerprint density at radius 2 is 1.61 bits per heavy atom. The molecule has 3 aromatic carbocycles. The van der Waals surface area contributed by atoms with Crippen molar-refractivity contribution in [2.45, 2.75) is 114 Å². The van der Waals surface area contributed by atoms with Gasteiger partial charge >= 0.3 is 5.97 Å². The number of hydrogen-bond acceptors (Lipinski definition) is 6. The molecule has 3 fully saturated rings. The number of aliphatic hydroxyl groups is 1. The summed E-state index contributed by atoms with van der Waals surface area (Å²) < 4.78 is 13.1. The Hall–Kier alpha value is -3.19. The number of nitrogens with zero attached hydrogens (tertiary/aromatic N) is 2. The van der Waals surface area contributed by atoms with E-state index in [-0.39, 0.29) is 23.6 Å². The maximum absolute atomic E-state index is 12.2. The van der Waals surface area contributed by atoms with Crippen LogP contribution in [-0.2, 0) is 29.5 Å². The number of rotatable bonds is 15. The molecule has 5 aliphatic rings. The lowest BCUT2D eigenvalue weighted by Crippen LogP contribution is -2.69. The fourth-order valence-corrected chi connectivity index (χ4v) is 10.4. The van der Waals surface area contributed by atoms with E-state index in [9.17, 15) is 9.90 Å². The van der Waals surface area contributed by atoms with Gasteiger partial charge in [-0.05, 0) is 113 Å². The molecule has 0 radical (unpaired) electrons. The molecule has 1 saturated heterocycles. The molecule has 2 bridgehead atoms. The number of aryl methyl sites for hydroxylation is 2. The topological polar surface area (TPSA) is 62.2 Å². The summed E-state index contributed by atoms with van der Waals surface area (Å²) in [5.41, 5.74) is 5.54. The Balaban J connectivity index is 1.04. The molecule has 0 amide bonds. The van der Waals surface area contributed by atoms with Gasteiger partial charge in [0.2, 0.25) is 0 Å².